The van der Waals surface area contributed by atoms with Crippen molar-refractivity contribution >= 4 is 20.0 Å². The van der Waals surface area contributed by atoms with E-state index in [0.717, 1.165) is 11.4 Å². The van der Waals surface area contributed by atoms with Crippen LogP contribution in [0.5, 0.6) is 0 Å². The quantitative estimate of drug-likeness (QED) is 0.750. The zero-order valence-electron chi connectivity index (χ0n) is 14.9. The van der Waals surface area contributed by atoms with Crippen molar-refractivity contribution in [2.24, 2.45) is 0 Å². The molecule has 1 aromatic carbocycles. The van der Waals surface area contributed by atoms with E-state index in [9.17, 15) is 16.8 Å². The Kier molecular flexibility index (Phi) is 6.22. The summed E-state index contributed by atoms with van der Waals surface area (Å²) in [6, 6.07) is 7.54. The molecule has 10 heteroatoms. The summed E-state index contributed by atoms with van der Waals surface area (Å²) >= 11 is 0. The number of benzene rings is 1. The normalized spacial score (nSPS) is 14.0. The Morgan fingerprint density at radius 1 is 1.15 bits per heavy atom. The van der Waals surface area contributed by atoms with Gasteiger partial charge in [-0.2, -0.15) is 8.42 Å². The fraction of sp³-hybridized carbons (Fsp3) is 0.438. The van der Waals surface area contributed by atoms with E-state index in [0.29, 0.717) is 13.1 Å². The van der Waals surface area contributed by atoms with E-state index in [2.05, 4.69) is 10.3 Å². The van der Waals surface area contributed by atoms with Crippen LogP contribution in [0.3, 0.4) is 0 Å². The molecule has 2 N–H and O–H groups in total. The van der Waals surface area contributed by atoms with E-state index in [1.807, 2.05) is 18.4 Å². The van der Waals surface area contributed by atoms with E-state index < -0.39 is 20.0 Å². The minimum Gasteiger partial charge on any atom is -0.315 e. The van der Waals surface area contributed by atoms with Crippen molar-refractivity contribution in [2.45, 2.75) is 50.0 Å². The average Bonchev–Trinajstić information content (AvgIpc) is 3.16. The van der Waals surface area contributed by atoms with Crippen LogP contribution in [-0.2, 0) is 33.0 Å². The summed E-state index contributed by atoms with van der Waals surface area (Å²) in [7, 11) is -7.23. The zero-order chi connectivity index (χ0) is 19.5. The first kappa shape index (κ1) is 20.6. The van der Waals surface area contributed by atoms with Crippen molar-refractivity contribution in [3.8, 4) is 0 Å². The van der Waals surface area contributed by atoms with Gasteiger partial charge >= 0.3 is 0 Å². The van der Waals surface area contributed by atoms with Crippen molar-refractivity contribution in [3.05, 3.63) is 41.7 Å². The molecule has 0 atom stereocenters. The first-order valence-corrected chi connectivity index (χ1v) is 11.2. The lowest BCUT2D eigenvalue weighted by molar-refractivity contribution is 0.483. The highest BCUT2D eigenvalue weighted by atomic mass is 32.2. The summed E-state index contributed by atoms with van der Waals surface area (Å²) < 4.78 is 54.9. The van der Waals surface area contributed by atoms with Crippen LogP contribution in [0.1, 0.15) is 38.2 Å². The minimum atomic E-state index is -4.00. The Bertz CT molecular complexity index is 965. The van der Waals surface area contributed by atoms with Gasteiger partial charge in [0.05, 0.1) is 22.0 Å². The second-order valence-corrected chi connectivity index (χ2v) is 9.64. The average molecular weight is 402 g/mol. The van der Waals surface area contributed by atoms with Gasteiger partial charge < -0.3 is 9.88 Å². The zero-order valence-corrected chi connectivity index (χ0v) is 16.5. The van der Waals surface area contributed by atoms with Gasteiger partial charge in [0.15, 0.2) is 0 Å². The molecular formula is C16H23N3O5S2. The molecule has 1 aliphatic rings. The predicted octanol–water partition coefficient (Wildman–Crippen LogP) is 1.79. The van der Waals surface area contributed by atoms with Crippen molar-refractivity contribution < 1.29 is 21.4 Å². The van der Waals surface area contributed by atoms with Crippen LogP contribution >= 0.6 is 0 Å². The Labute approximate surface area is 153 Å². The van der Waals surface area contributed by atoms with Gasteiger partial charge in [-0.3, -0.25) is 4.55 Å². The fourth-order valence-corrected chi connectivity index (χ4v) is 4.22. The lowest BCUT2D eigenvalue weighted by atomic mass is 10.3. The Morgan fingerprint density at radius 2 is 1.77 bits per heavy atom. The molecule has 2 aromatic rings. The molecule has 0 aliphatic carbocycles. The smallest absolute Gasteiger partial charge is 0.294 e. The summed E-state index contributed by atoms with van der Waals surface area (Å²) in [5, 5.41) is 3.41. The van der Waals surface area contributed by atoms with E-state index in [1.54, 1.807) is 25.1 Å². The van der Waals surface area contributed by atoms with Crippen molar-refractivity contribution in [1.29, 1.82) is 0 Å². The first-order valence-electron chi connectivity index (χ1n) is 8.14. The molecule has 144 valence electrons. The molecule has 3 rings (SSSR count). The van der Waals surface area contributed by atoms with E-state index in [4.69, 9.17) is 4.55 Å². The third-order valence-corrected chi connectivity index (χ3v) is 6.33. The summed E-state index contributed by atoms with van der Waals surface area (Å²) in [6.45, 7) is 6.99. The van der Waals surface area contributed by atoms with Crippen LogP contribution in [0, 0.1) is 0 Å². The molecule has 0 unspecified atom stereocenters. The predicted molar refractivity (Wildman–Crippen MR) is 97.1 cm³/mol. The summed E-state index contributed by atoms with van der Waals surface area (Å²) in [6.07, 6.45) is 0. The van der Waals surface area contributed by atoms with Gasteiger partial charge in [0.2, 0.25) is 15.0 Å². The van der Waals surface area contributed by atoms with Crippen molar-refractivity contribution in [3.63, 3.8) is 0 Å². The van der Waals surface area contributed by atoms with E-state index >= 15 is 0 Å². The molecule has 0 radical (unpaired) electrons. The second kappa shape index (κ2) is 7.87. The molecule has 0 fully saturated rings. The lowest BCUT2D eigenvalue weighted by Gasteiger charge is -2.14. The highest BCUT2D eigenvalue weighted by Gasteiger charge is 2.28. The molecule has 2 heterocycles. The van der Waals surface area contributed by atoms with Crippen LogP contribution in [0.15, 0.2) is 40.4 Å². The van der Waals surface area contributed by atoms with Crippen LogP contribution in [-0.4, -0.2) is 36.7 Å². The summed E-state index contributed by atoms with van der Waals surface area (Å²) in [5.74, 6) is 0.100. The van der Waals surface area contributed by atoms with Crippen LogP contribution in [0.2, 0.25) is 0 Å². The molecule has 0 spiro atoms. The number of nitrogens with one attached hydrogen (secondary N) is 1. The summed E-state index contributed by atoms with van der Waals surface area (Å²) in [4.78, 5) is 4.19. The first-order chi connectivity index (χ1) is 12.1. The summed E-state index contributed by atoms with van der Waals surface area (Å²) in [5.41, 5.74) is 1.89. The number of fused-ring (bicyclic) bond motifs is 1. The number of hydrogen-bond donors (Lipinski definition) is 2. The number of nitrogens with zero attached hydrogens (tertiary/aromatic N) is 2. The topological polar surface area (TPSA) is 118 Å². The van der Waals surface area contributed by atoms with Crippen LogP contribution in [0.25, 0.3) is 0 Å². The number of aromatic nitrogens is 2. The maximum atomic E-state index is 11.9. The maximum absolute atomic E-state index is 11.9. The highest BCUT2D eigenvalue weighted by Crippen LogP contribution is 2.25. The van der Waals surface area contributed by atoms with Gasteiger partial charge in [0.1, 0.15) is 0 Å². The second-order valence-electron chi connectivity index (χ2n) is 6.05. The molecule has 1 aliphatic heterocycles. The van der Waals surface area contributed by atoms with Gasteiger partial charge in [-0.05, 0) is 26.0 Å². The molecule has 0 saturated heterocycles. The van der Waals surface area contributed by atoms with Crippen molar-refractivity contribution in [1.82, 2.24) is 14.9 Å². The number of sulfone groups is 1. The Morgan fingerprint density at radius 3 is 2.23 bits per heavy atom. The fourth-order valence-electron chi connectivity index (χ4n) is 2.59. The monoisotopic (exact) mass is 401 g/mol. The number of rotatable bonds is 4. The molecule has 0 bridgehead atoms. The van der Waals surface area contributed by atoms with Gasteiger partial charge in [-0.1, -0.05) is 25.1 Å². The van der Waals surface area contributed by atoms with Gasteiger partial charge in [0.25, 0.3) is 10.1 Å². The van der Waals surface area contributed by atoms with Gasteiger partial charge in [-0.15, -0.1) is 0 Å². The maximum Gasteiger partial charge on any atom is 0.294 e. The third-order valence-electron chi connectivity index (χ3n) is 3.86. The van der Waals surface area contributed by atoms with E-state index in [-0.39, 0.29) is 21.8 Å². The SMILES string of the molecule is CCS(=O)(=O)c1nc2c(n1C(C)C)CNC2.O=S(=O)(O)c1ccccc1. The highest BCUT2D eigenvalue weighted by molar-refractivity contribution is 7.91. The minimum absolute atomic E-state index is 0.0741. The largest absolute Gasteiger partial charge is 0.315 e. The Balaban J connectivity index is 0.000000209. The molecule has 1 aromatic heterocycles. The molecule has 8 nitrogen and oxygen atoms in total. The number of hydrogen-bond acceptors (Lipinski definition) is 6. The standard InChI is InChI=1S/C10H17N3O2S.C6H6O3S/c1-4-16(14,15)10-12-8-5-11-6-9(8)13(10)7(2)3;7-10(8,9)6-4-2-1-3-5-6/h7,11H,4-6H2,1-3H3;1-5H,(H,7,8,9). The lowest BCUT2D eigenvalue weighted by Crippen LogP contribution is -2.17. The molecule has 26 heavy (non-hydrogen) atoms. The van der Waals surface area contributed by atoms with Gasteiger partial charge in [-0.25, -0.2) is 13.4 Å². The third kappa shape index (κ3) is 4.50. The van der Waals surface area contributed by atoms with Crippen LogP contribution < -0.4 is 5.32 Å². The van der Waals surface area contributed by atoms with E-state index in [1.165, 1.54) is 12.1 Å². The molecular weight excluding hydrogens is 378 g/mol. The van der Waals surface area contributed by atoms with Gasteiger partial charge in [0, 0.05) is 19.1 Å². The number of imidazole rings is 1. The molecule has 0 saturated carbocycles. The van der Waals surface area contributed by atoms with Crippen molar-refractivity contribution in [2.75, 3.05) is 5.75 Å². The molecule has 0 amide bonds. The van der Waals surface area contributed by atoms with Crippen LogP contribution in [0.4, 0.5) is 0 Å². The Hall–Kier alpha value is -1.75.